The Balaban J connectivity index is 1.77. The Morgan fingerprint density at radius 1 is 0.963 bits per heavy atom. The molecular weight excluding hydrogens is 363 g/mol. The van der Waals surface area contributed by atoms with Crippen molar-refractivity contribution >= 4 is 23.2 Å². The van der Waals surface area contributed by atoms with Gasteiger partial charge in [0.25, 0.3) is 0 Å². The number of nitriles is 1. The number of rotatable bonds is 6. The van der Waals surface area contributed by atoms with Crippen molar-refractivity contribution in [3.8, 4) is 6.07 Å². The third-order valence-corrected chi connectivity index (χ3v) is 3.24. The highest BCUT2D eigenvalue weighted by Crippen LogP contribution is 2.30. The van der Waals surface area contributed by atoms with E-state index in [0.717, 1.165) is 12.1 Å². The number of ether oxygens (including phenoxy) is 1. The third-order valence-electron chi connectivity index (χ3n) is 3.24. The van der Waals surface area contributed by atoms with E-state index < -0.39 is 36.8 Å². The predicted molar refractivity (Wildman–Crippen MR) is 90.7 cm³/mol. The number of hydrogen-bond acceptors (Lipinski definition) is 4. The molecule has 2 N–H and O–H groups in total. The van der Waals surface area contributed by atoms with Crippen molar-refractivity contribution in [1.82, 2.24) is 0 Å². The summed E-state index contributed by atoms with van der Waals surface area (Å²) in [6.07, 6.45) is -4.51. The molecule has 0 unspecified atom stereocenters. The van der Waals surface area contributed by atoms with Gasteiger partial charge in [0, 0.05) is 11.4 Å². The summed E-state index contributed by atoms with van der Waals surface area (Å²) < 4.78 is 42.8. The number of nitrogens with zero attached hydrogens (tertiary/aromatic N) is 1. The lowest BCUT2D eigenvalue weighted by atomic mass is 10.2. The number of benzene rings is 2. The molecule has 0 aromatic heterocycles. The fraction of sp³-hybridized carbons (Fsp3) is 0.167. The maximum Gasteiger partial charge on any atom is 0.416 e. The number of carbonyl (C=O) groups excluding carboxylic acids is 2. The standard InChI is InChI=1S/C18H14F3N3O3/c19-18(20,21)13-2-1-3-15(8-13)24-17(26)11-27-10-16(25)23-14-6-4-12(9-22)5-7-14/h1-8H,10-11H2,(H,23,25)(H,24,26). The van der Waals surface area contributed by atoms with E-state index in [-0.39, 0.29) is 5.69 Å². The second-order valence-electron chi connectivity index (χ2n) is 5.36. The molecule has 0 radical (unpaired) electrons. The maximum atomic E-state index is 12.6. The molecular formula is C18H14F3N3O3. The first-order chi connectivity index (χ1) is 12.8. The zero-order valence-corrected chi connectivity index (χ0v) is 13.8. The van der Waals surface area contributed by atoms with Gasteiger partial charge in [0.1, 0.15) is 13.2 Å². The molecule has 0 bridgehead atoms. The molecule has 6 nitrogen and oxygen atoms in total. The van der Waals surface area contributed by atoms with Crippen molar-refractivity contribution in [3.63, 3.8) is 0 Å². The van der Waals surface area contributed by atoms with Gasteiger partial charge in [0.2, 0.25) is 11.8 Å². The van der Waals surface area contributed by atoms with Crippen LogP contribution >= 0.6 is 0 Å². The van der Waals surface area contributed by atoms with Crippen LogP contribution in [-0.2, 0) is 20.5 Å². The molecule has 2 amide bonds. The molecule has 27 heavy (non-hydrogen) atoms. The molecule has 9 heteroatoms. The molecule has 0 saturated carbocycles. The molecule has 0 fully saturated rings. The average Bonchev–Trinajstić information content (AvgIpc) is 2.62. The second-order valence-corrected chi connectivity index (χ2v) is 5.36. The number of anilines is 2. The first-order valence-electron chi connectivity index (χ1n) is 7.63. The van der Waals surface area contributed by atoms with Crippen LogP contribution in [-0.4, -0.2) is 25.0 Å². The van der Waals surface area contributed by atoms with Gasteiger partial charge in [-0.25, -0.2) is 0 Å². The normalized spacial score (nSPS) is 10.7. The van der Waals surface area contributed by atoms with Crippen molar-refractivity contribution < 1.29 is 27.5 Å². The minimum Gasteiger partial charge on any atom is -0.362 e. The number of amides is 2. The Hall–Kier alpha value is -3.38. The fourth-order valence-corrected chi connectivity index (χ4v) is 2.03. The Morgan fingerprint density at radius 3 is 2.11 bits per heavy atom. The summed E-state index contributed by atoms with van der Waals surface area (Å²) in [4.78, 5) is 23.4. The topological polar surface area (TPSA) is 91.2 Å². The van der Waals surface area contributed by atoms with Crippen molar-refractivity contribution in [2.24, 2.45) is 0 Å². The van der Waals surface area contributed by atoms with E-state index >= 15 is 0 Å². The summed E-state index contributed by atoms with van der Waals surface area (Å²) in [6.45, 7) is -0.924. The van der Waals surface area contributed by atoms with E-state index in [2.05, 4.69) is 10.6 Å². The molecule has 2 aromatic carbocycles. The predicted octanol–water partition coefficient (Wildman–Crippen LogP) is 3.17. The molecule has 2 rings (SSSR count). The molecule has 0 aliphatic carbocycles. The Bertz CT molecular complexity index is 859. The first-order valence-corrected chi connectivity index (χ1v) is 7.63. The average molecular weight is 377 g/mol. The molecule has 140 valence electrons. The number of nitrogens with one attached hydrogen (secondary N) is 2. The molecule has 0 heterocycles. The number of hydrogen-bond donors (Lipinski definition) is 2. The van der Waals surface area contributed by atoms with Crippen LogP contribution < -0.4 is 10.6 Å². The van der Waals surface area contributed by atoms with Gasteiger partial charge in [-0.3, -0.25) is 9.59 Å². The van der Waals surface area contributed by atoms with Gasteiger partial charge < -0.3 is 15.4 Å². The molecule has 0 spiro atoms. The van der Waals surface area contributed by atoms with Crippen LogP contribution in [0.15, 0.2) is 48.5 Å². The monoisotopic (exact) mass is 377 g/mol. The van der Waals surface area contributed by atoms with Gasteiger partial charge in [0.15, 0.2) is 0 Å². The van der Waals surface area contributed by atoms with Gasteiger partial charge in [0.05, 0.1) is 17.2 Å². The third kappa shape index (κ3) is 6.45. The smallest absolute Gasteiger partial charge is 0.362 e. The fourth-order valence-electron chi connectivity index (χ4n) is 2.03. The van der Waals surface area contributed by atoms with Gasteiger partial charge in [-0.05, 0) is 42.5 Å². The van der Waals surface area contributed by atoms with E-state index in [9.17, 15) is 22.8 Å². The summed E-state index contributed by atoms with van der Waals surface area (Å²) in [6, 6.07) is 12.2. The largest absolute Gasteiger partial charge is 0.416 e. The highest BCUT2D eigenvalue weighted by Gasteiger charge is 2.30. The maximum absolute atomic E-state index is 12.6. The zero-order valence-electron chi connectivity index (χ0n) is 13.8. The highest BCUT2D eigenvalue weighted by atomic mass is 19.4. The van der Waals surface area contributed by atoms with E-state index in [0.29, 0.717) is 11.3 Å². The Kier molecular flexibility index (Phi) is 6.51. The molecule has 0 saturated heterocycles. The summed E-state index contributed by atoms with van der Waals surface area (Å²) in [7, 11) is 0. The van der Waals surface area contributed by atoms with Crippen LogP contribution in [0, 0.1) is 11.3 Å². The van der Waals surface area contributed by atoms with Crippen LogP contribution in [0.5, 0.6) is 0 Å². The highest BCUT2D eigenvalue weighted by molar-refractivity contribution is 5.93. The lowest BCUT2D eigenvalue weighted by Crippen LogP contribution is -2.24. The van der Waals surface area contributed by atoms with Gasteiger partial charge in [-0.1, -0.05) is 6.07 Å². The van der Waals surface area contributed by atoms with Crippen LogP contribution in [0.2, 0.25) is 0 Å². The summed E-state index contributed by atoms with van der Waals surface area (Å²) in [5.74, 6) is -1.22. The SMILES string of the molecule is N#Cc1ccc(NC(=O)COCC(=O)Nc2cccc(C(F)(F)F)c2)cc1. The number of halogens is 3. The van der Waals surface area contributed by atoms with Crippen LogP contribution in [0.1, 0.15) is 11.1 Å². The van der Waals surface area contributed by atoms with E-state index in [1.54, 1.807) is 0 Å². The Labute approximate surface area is 152 Å². The molecule has 0 atom stereocenters. The van der Waals surface area contributed by atoms with Crippen molar-refractivity contribution in [3.05, 3.63) is 59.7 Å². The minimum atomic E-state index is -4.51. The van der Waals surface area contributed by atoms with E-state index in [1.165, 1.54) is 36.4 Å². The van der Waals surface area contributed by atoms with Gasteiger partial charge in [-0.15, -0.1) is 0 Å². The summed E-state index contributed by atoms with van der Waals surface area (Å²) in [5.41, 5.74) is -0.0185. The lowest BCUT2D eigenvalue weighted by Gasteiger charge is -2.10. The van der Waals surface area contributed by atoms with Crippen molar-refractivity contribution in [2.75, 3.05) is 23.8 Å². The molecule has 0 aliphatic heterocycles. The second kappa shape index (κ2) is 8.82. The summed E-state index contributed by atoms with van der Waals surface area (Å²) in [5, 5.41) is 13.5. The van der Waals surface area contributed by atoms with E-state index in [4.69, 9.17) is 10.00 Å². The number of carbonyl (C=O) groups is 2. The first kappa shape index (κ1) is 19.9. The Morgan fingerprint density at radius 2 is 1.56 bits per heavy atom. The van der Waals surface area contributed by atoms with Crippen molar-refractivity contribution in [2.45, 2.75) is 6.18 Å². The van der Waals surface area contributed by atoms with Crippen LogP contribution in [0.4, 0.5) is 24.5 Å². The van der Waals surface area contributed by atoms with E-state index in [1.807, 2.05) is 6.07 Å². The van der Waals surface area contributed by atoms with Gasteiger partial charge in [-0.2, -0.15) is 18.4 Å². The molecule has 0 aliphatic rings. The zero-order chi connectivity index (χ0) is 19.9. The van der Waals surface area contributed by atoms with Gasteiger partial charge >= 0.3 is 6.18 Å². The lowest BCUT2D eigenvalue weighted by molar-refractivity contribution is -0.137. The van der Waals surface area contributed by atoms with Crippen molar-refractivity contribution in [1.29, 1.82) is 5.26 Å². The van der Waals surface area contributed by atoms with Crippen LogP contribution in [0.25, 0.3) is 0 Å². The van der Waals surface area contributed by atoms with Crippen LogP contribution in [0.3, 0.4) is 0 Å². The quantitative estimate of drug-likeness (QED) is 0.809. The minimum absolute atomic E-state index is 0.0274. The molecule has 2 aromatic rings. The summed E-state index contributed by atoms with van der Waals surface area (Å²) >= 11 is 0. The number of alkyl halides is 3.